The van der Waals surface area contributed by atoms with E-state index in [1.165, 1.54) is 15.1 Å². The van der Waals surface area contributed by atoms with E-state index in [9.17, 15) is 9.59 Å². The van der Waals surface area contributed by atoms with Gasteiger partial charge < -0.3 is 9.52 Å². The van der Waals surface area contributed by atoms with E-state index < -0.39 is 5.97 Å². The molecule has 0 atom stereocenters. The molecule has 0 saturated carbocycles. The Hall–Kier alpha value is -2.83. The number of furan rings is 1. The maximum absolute atomic E-state index is 12.1. The van der Waals surface area contributed by atoms with Gasteiger partial charge in [0.15, 0.2) is 5.65 Å². The quantitative estimate of drug-likeness (QED) is 0.773. The lowest BCUT2D eigenvalue weighted by atomic mass is 10.2. The monoisotopic (exact) mass is 273 g/mol. The van der Waals surface area contributed by atoms with Gasteiger partial charge in [-0.2, -0.15) is 0 Å². The normalized spacial score (nSPS) is 11.1. The fourth-order valence-corrected chi connectivity index (χ4v) is 2.01. The number of aromatic carboxylic acids is 1. The van der Waals surface area contributed by atoms with Crippen molar-refractivity contribution in [3.8, 4) is 0 Å². The van der Waals surface area contributed by atoms with Gasteiger partial charge in [-0.25, -0.2) is 14.3 Å². The van der Waals surface area contributed by atoms with Crippen molar-refractivity contribution in [2.45, 2.75) is 13.5 Å². The molecule has 7 nitrogen and oxygen atoms in total. The van der Waals surface area contributed by atoms with Crippen LogP contribution in [0.2, 0.25) is 0 Å². The minimum Gasteiger partial charge on any atom is -0.475 e. The van der Waals surface area contributed by atoms with E-state index in [0.29, 0.717) is 17.0 Å². The Morgan fingerprint density at radius 1 is 1.45 bits per heavy atom. The predicted octanol–water partition coefficient (Wildman–Crippen LogP) is 1.14. The van der Waals surface area contributed by atoms with Crippen LogP contribution in [0.5, 0.6) is 0 Å². The first kappa shape index (κ1) is 12.2. The van der Waals surface area contributed by atoms with E-state index in [4.69, 9.17) is 9.52 Å². The minimum atomic E-state index is -1.14. The molecule has 0 aromatic carbocycles. The fourth-order valence-electron chi connectivity index (χ4n) is 2.01. The maximum atomic E-state index is 12.1. The third-order valence-electron chi connectivity index (χ3n) is 3.04. The van der Waals surface area contributed by atoms with Crippen LogP contribution in [-0.2, 0) is 6.54 Å². The van der Waals surface area contributed by atoms with Crippen molar-refractivity contribution in [3.63, 3.8) is 0 Å². The van der Waals surface area contributed by atoms with Crippen molar-refractivity contribution in [1.82, 2.24) is 14.2 Å². The van der Waals surface area contributed by atoms with Crippen molar-refractivity contribution in [2.24, 2.45) is 0 Å². The Morgan fingerprint density at radius 2 is 2.25 bits per heavy atom. The van der Waals surface area contributed by atoms with Gasteiger partial charge in [-0.15, -0.1) is 5.10 Å². The molecule has 0 saturated heterocycles. The largest absolute Gasteiger partial charge is 0.475 e. The van der Waals surface area contributed by atoms with Crippen molar-refractivity contribution >= 4 is 11.6 Å². The summed E-state index contributed by atoms with van der Waals surface area (Å²) < 4.78 is 7.81. The van der Waals surface area contributed by atoms with Crippen molar-refractivity contribution in [2.75, 3.05) is 0 Å². The molecule has 0 bridgehead atoms. The van der Waals surface area contributed by atoms with Gasteiger partial charge >= 0.3 is 11.7 Å². The Labute approximate surface area is 112 Å². The summed E-state index contributed by atoms with van der Waals surface area (Å²) in [6, 6.07) is 6.67. The van der Waals surface area contributed by atoms with Crippen LogP contribution >= 0.6 is 0 Å². The summed E-state index contributed by atoms with van der Waals surface area (Å²) in [4.78, 5) is 22.9. The smallest absolute Gasteiger partial charge is 0.371 e. The molecule has 3 heterocycles. The molecule has 20 heavy (non-hydrogen) atoms. The van der Waals surface area contributed by atoms with Crippen LogP contribution in [0.4, 0.5) is 0 Å². The molecular formula is C13H11N3O4. The van der Waals surface area contributed by atoms with Gasteiger partial charge in [-0.05, 0) is 25.1 Å². The molecular weight excluding hydrogens is 262 g/mol. The number of carboxylic acids is 1. The number of pyridine rings is 1. The summed E-state index contributed by atoms with van der Waals surface area (Å²) >= 11 is 0. The maximum Gasteiger partial charge on any atom is 0.371 e. The number of fused-ring (bicyclic) bond motifs is 1. The SMILES string of the molecule is Cc1oc(C(=O)O)cc1Cn1nc2ccccn2c1=O. The average Bonchev–Trinajstić information content (AvgIpc) is 2.93. The molecule has 102 valence electrons. The summed E-state index contributed by atoms with van der Waals surface area (Å²) in [5.41, 5.74) is 0.878. The molecule has 7 heteroatoms. The molecule has 1 N–H and O–H groups in total. The number of carboxylic acid groups (broad SMARTS) is 1. The first-order chi connectivity index (χ1) is 9.56. The van der Waals surface area contributed by atoms with Gasteiger partial charge in [0, 0.05) is 11.8 Å². The van der Waals surface area contributed by atoms with E-state index in [1.54, 1.807) is 31.3 Å². The molecule has 0 radical (unpaired) electrons. The number of nitrogens with zero attached hydrogens (tertiary/aromatic N) is 3. The Balaban J connectivity index is 2.03. The molecule has 3 aromatic heterocycles. The number of hydrogen-bond acceptors (Lipinski definition) is 4. The van der Waals surface area contributed by atoms with E-state index >= 15 is 0 Å². The topological polar surface area (TPSA) is 89.7 Å². The highest BCUT2D eigenvalue weighted by Gasteiger charge is 2.15. The highest BCUT2D eigenvalue weighted by molar-refractivity contribution is 5.84. The third-order valence-corrected chi connectivity index (χ3v) is 3.04. The number of hydrogen-bond donors (Lipinski definition) is 1. The third kappa shape index (κ3) is 1.89. The van der Waals surface area contributed by atoms with Crippen LogP contribution in [0, 0.1) is 6.92 Å². The summed E-state index contributed by atoms with van der Waals surface area (Å²) in [5, 5.41) is 13.1. The van der Waals surface area contributed by atoms with Gasteiger partial charge in [-0.3, -0.25) is 4.40 Å². The van der Waals surface area contributed by atoms with Crippen LogP contribution in [0.15, 0.2) is 39.7 Å². The Bertz CT molecular complexity index is 856. The van der Waals surface area contributed by atoms with Gasteiger partial charge in [0.1, 0.15) is 5.76 Å². The molecule has 0 aliphatic carbocycles. The van der Waals surface area contributed by atoms with Crippen molar-refractivity contribution in [3.05, 3.63) is 58.0 Å². The lowest BCUT2D eigenvalue weighted by Gasteiger charge is -1.96. The molecule has 0 fully saturated rings. The highest BCUT2D eigenvalue weighted by atomic mass is 16.4. The molecule has 0 unspecified atom stereocenters. The lowest BCUT2D eigenvalue weighted by molar-refractivity contribution is 0.0661. The van der Waals surface area contributed by atoms with E-state index in [1.807, 2.05) is 0 Å². The molecule has 3 rings (SSSR count). The van der Waals surface area contributed by atoms with Gasteiger partial charge in [0.2, 0.25) is 5.76 Å². The van der Waals surface area contributed by atoms with Gasteiger partial charge in [-0.1, -0.05) is 6.07 Å². The number of carbonyl (C=O) groups is 1. The van der Waals surface area contributed by atoms with Crippen LogP contribution in [0.25, 0.3) is 5.65 Å². The Morgan fingerprint density at radius 3 is 2.90 bits per heavy atom. The highest BCUT2D eigenvalue weighted by Crippen LogP contribution is 2.15. The van der Waals surface area contributed by atoms with Gasteiger partial charge in [0.25, 0.3) is 0 Å². The zero-order valence-corrected chi connectivity index (χ0v) is 10.6. The lowest BCUT2D eigenvalue weighted by Crippen LogP contribution is -2.21. The first-order valence-electron chi connectivity index (χ1n) is 5.93. The van der Waals surface area contributed by atoms with Crippen LogP contribution < -0.4 is 5.69 Å². The second kappa shape index (κ2) is 4.37. The number of aryl methyl sites for hydroxylation is 1. The summed E-state index contributed by atoms with van der Waals surface area (Å²) in [6.45, 7) is 1.83. The second-order valence-corrected chi connectivity index (χ2v) is 4.37. The van der Waals surface area contributed by atoms with E-state index in [2.05, 4.69) is 5.10 Å². The average molecular weight is 273 g/mol. The zero-order chi connectivity index (χ0) is 14.3. The molecule has 0 amide bonds. The predicted molar refractivity (Wildman–Crippen MR) is 69.0 cm³/mol. The first-order valence-corrected chi connectivity index (χ1v) is 5.93. The van der Waals surface area contributed by atoms with Crippen molar-refractivity contribution in [1.29, 1.82) is 0 Å². The second-order valence-electron chi connectivity index (χ2n) is 4.37. The van der Waals surface area contributed by atoms with Crippen LogP contribution in [-0.4, -0.2) is 25.3 Å². The fraction of sp³-hybridized carbons (Fsp3) is 0.154. The van der Waals surface area contributed by atoms with E-state index in [-0.39, 0.29) is 18.0 Å². The Kier molecular flexibility index (Phi) is 2.67. The molecule has 0 spiro atoms. The van der Waals surface area contributed by atoms with Crippen LogP contribution in [0.1, 0.15) is 21.9 Å². The molecule has 0 aliphatic heterocycles. The van der Waals surface area contributed by atoms with Gasteiger partial charge in [0.05, 0.1) is 6.54 Å². The van der Waals surface area contributed by atoms with Crippen LogP contribution in [0.3, 0.4) is 0 Å². The van der Waals surface area contributed by atoms with Crippen molar-refractivity contribution < 1.29 is 14.3 Å². The summed E-state index contributed by atoms with van der Waals surface area (Å²) in [6.07, 6.45) is 1.63. The summed E-state index contributed by atoms with van der Waals surface area (Å²) in [7, 11) is 0. The standard InChI is InChI=1S/C13H11N3O4/c1-8-9(6-10(20-8)12(17)18)7-16-13(19)15-5-3-2-4-11(15)14-16/h2-6H,7H2,1H3,(H,17,18). The minimum absolute atomic E-state index is 0.144. The zero-order valence-electron chi connectivity index (χ0n) is 10.6. The molecule has 0 aliphatic rings. The van der Waals surface area contributed by atoms with E-state index in [0.717, 1.165) is 0 Å². The number of rotatable bonds is 3. The summed E-state index contributed by atoms with van der Waals surface area (Å²) in [5.74, 6) is -0.817. The number of aromatic nitrogens is 3. The molecule has 3 aromatic rings.